The van der Waals surface area contributed by atoms with Crippen molar-refractivity contribution in [2.45, 2.75) is 39.0 Å². The molecule has 120 valence electrons. The molecule has 2 N–H and O–H groups in total. The molecule has 0 spiro atoms. The molecule has 1 amide bonds. The number of fused-ring (bicyclic) bond motifs is 1. The van der Waals surface area contributed by atoms with E-state index >= 15 is 0 Å². The fraction of sp³-hybridized carbons (Fsp3) is 0.611. The minimum atomic E-state index is 0.128. The van der Waals surface area contributed by atoms with E-state index in [0.717, 1.165) is 44.0 Å². The molecule has 4 nitrogen and oxygen atoms in total. The predicted octanol–water partition coefficient (Wildman–Crippen LogP) is 2.98. The van der Waals surface area contributed by atoms with Gasteiger partial charge in [-0.1, -0.05) is 6.92 Å². The molecule has 4 heteroatoms. The monoisotopic (exact) mass is 302 g/mol. The highest BCUT2D eigenvalue weighted by atomic mass is 16.5. The molecule has 22 heavy (non-hydrogen) atoms. The first-order valence-corrected chi connectivity index (χ1v) is 8.48. The van der Waals surface area contributed by atoms with Crippen LogP contribution in [0.3, 0.4) is 0 Å². The minimum Gasteiger partial charge on any atom is -0.493 e. The van der Waals surface area contributed by atoms with Crippen molar-refractivity contribution in [2.75, 3.05) is 25.0 Å². The average molecular weight is 302 g/mol. The summed E-state index contributed by atoms with van der Waals surface area (Å²) < 4.78 is 5.61. The van der Waals surface area contributed by atoms with Gasteiger partial charge in [-0.05, 0) is 74.4 Å². The number of benzene rings is 1. The Bertz CT molecular complexity index is 524. The van der Waals surface area contributed by atoms with E-state index in [0.29, 0.717) is 18.3 Å². The Balaban J connectivity index is 1.54. The molecule has 1 aromatic rings. The Labute approximate surface area is 132 Å². The number of nitrogens with one attached hydrogen (secondary N) is 2. The summed E-state index contributed by atoms with van der Waals surface area (Å²) in [6.45, 7) is 5.17. The first kappa shape index (κ1) is 15.3. The van der Waals surface area contributed by atoms with Crippen LogP contribution < -0.4 is 15.4 Å². The zero-order chi connectivity index (χ0) is 15.4. The number of carbonyl (C=O) groups excluding carboxylic acids is 1. The van der Waals surface area contributed by atoms with E-state index in [9.17, 15) is 4.79 Å². The van der Waals surface area contributed by atoms with Gasteiger partial charge in [0.25, 0.3) is 0 Å². The van der Waals surface area contributed by atoms with Crippen LogP contribution in [0.5, 0.6) is 5.75 Å². The molecule has 2 heterocycles. The summed E-state index contributed by atoms with van der Waals surface area (Å²) in [4.78, 5) is 12.3. The highest BCUT2D eigenvalue weighted by Crippen LogP contribution is 2.28. The Morgan fingerprint density at radius 3 is 3.05 bits per heavy atom. The molecule has 1 saturated heterocycles. The standard InChI is InChI=1S/C18H26N2O2/c1-13(14-6-8-19-9-7-14)11-18(21)20-16-4-5-17-15(12-16)3-2-10-22-17/h4-5,12-14,19H,2-3,6-11H2,1H3,(H,20,21). The number of ether oxygens (including phenoxy) is 1. The molecule has 0 aromatic heterocycles. The topological polar surface area (TPSA) is 50.4 Å². The number of anilines is 1. The Kier molecular flexibility index (Phi) is 4.98. The van der Waals surface area contributed by atoms with Crippen LogP contribution in [0.25, 0.3) is 0 Å². The number of hydrogen-bond acceptors (Lipinski definition) is 3. The number of carbonyl (C=O) groups is 1. The van der Waals surface area contributed by atoms with E-state index in [1.54, 1.807) is 0 Å². The third-order valence-corrected chi connectivity index (χ3v) is 4.89. The smallest absolute Gasteiger partial charge is 0.224 e. The zero-order valence-corrected chi connectivity index (χ0v) is 13.4. The van der Waals surface area contributed by atoms with Crippen molar-refractivity contribution in [2.24, 2.45) is 11.8 Å². The molecule has 3 rings (SSSR count). The van der Waals surface area contributed by atoms with Crippen molar-refractivity contribution in [3.63, 3.8) is 0 Å². The molecular formula is C18H26N2O2. The fourth-order valence-corrected chi connectivity index (χ4v) is 3.52. The van der Waals surface area contributed by atoms with Crippen molar-refractivity contribution in [1.82, 2.24) is 5.32 Å². The van der Waals surface area contributed by atoms with Crippen LogP contribution in [0.15, 0.2) is 18.2 Å². The molecule has 1 aromatic carbocycles. The molecule has 1 atom stereocenters. The van der Waals surface area contributed by atoms with Crippen LogP contribution in [-0.2, 0) is 11.2 Å². The van der Waals surface area contributed by atoms with Crippen LogP contribution in [0.4, 0.5) is 5.69 Å². The predicted molar refractivity (Wildman–Crippen MR) is 88.3 cm³/mol. The summed E-state index contributed by atoms with van der Waals surface area (Å²) in [5.41, 5.74) is 2.10. The lowest BCUT2D eigenvalue weighted by Gasteiger charge is -2.28. The van der Waals surface area contributed by atoms with Gasteiger partial charge in [-0.15, -0.1) is 0 Å². The van der Waals surface area contributed by atoms with E-state index in [1.165, 1.54) is 18.4 Å². The van der Waals surface area contributed by atoms with Crippen molar-refractivity contribution in [3.05, 3.63) is 23.8 Å². The minimum absolute atomic E-state index is 0.128. The van der Waals surface area contributed by atoms with E-state index in [4.69, 9.17) is 4.74 Å². The van der Waals surface area contributed by atoms with Gasteiger partial charge in [-0.2, -0.15) is 0 Å². The highest BCUT2D eigenvalue weighted by Gasteiger charge is 2.22. The summed E-state index contributed by atoms with van der Waals surface area (Å²) >= 11 is 0. The maximum absolute atomic E-state index is 12.3. The molecule has 2 aliphatic heterocycles. The van der Waals surface area contributed by atoms with Crippen LogP contribution in [0.1, 0.15) is 38.2 Å². The van der Waals surface area contributed by atoms with Gasteiger partial charge >= 0.3 is 0 Å². The number of rotatable bonds is 4. The molecule has 2 aliphatic rings. The number of aryl methyl sites for hydroxylation is 1. The summed E-state index contributed by atoms with van der Waals surface area (Å²) in [5.74, 6) is 2.21. The van der Waals surface area contributed by atoms with Crippen molar-refractivity contribution >= 4 is 11.6 Å². The Hall–Kier alpha value is -1.55. The number of piperidine rings is 1. The van der Waals surface area contributed by atoms with Gasteiger partial charge in [0.1, 0.15) is 5.75 Å². The largest absolute Gasteiger partial charge is 0.493 e. The van der Waals surface area contributed by atoms with E-state index in [1.807, 2.05) is 12.1 Å². The fourth-order valence-electron chi connectivity index (χ4n) is 3.52. The molecule has 1 unspecified atom stereocenters. The van der Waals surface area contributed by atoms with Gasteiger partial charge < -0.3 is 15.4 Å². The molecule has 0 saturated carbocycles. The van der Waals surface area contributed by atoms with Gasteiger partial charge in [0.2, 0.25) is 5.91 Å². The Morgan fingerprint density at radius 1 is 1.41 bits per heavy atom. The summed E-state index contributed by atoms with van der Waals surface area (Å²) in [6.07, 6.45) is 5.06. The lowest BCUT2D eigenvalue weighted by atomic mass is 9.84. The highest BCUT2D eigenvalue weighted by molar-refractivity contribution is 5.91. The van der Waals surface area contributed by atoms with Crippen LogP contribution in [0, 0.1) is 11.8 Å². The molecule has 1 fully saturated rings. The normalized spacial score (nSPS) is 19.9. The third kappa shape index (κ3) is 3.80. The lowest BCUT2D eigenvalue weighted by molar-refractivity contribution is -0.117. The number of hydrogen-bond donors (Lipinski definition) is 2. The summed E-state index contributed by atoms with van der Waals surface area (Å²) in [6, 6.07) is 5.97. The molecule has 0 radical (unpaired) electrons. The Morgan fingerprint density at radius 2 is 2.23 bits per heavy atom. The van der Waals surface area contributed by atoms with Gasteiger partial charge in [0.15, 0.2) is 0 Å². The van der Waals surface area contributed by atoms with Gasteiger partial charge in [-0.25, -0.2) is 0 Å². The average Bonchev–Trinajstić information content (AvgIpc) is 2.55. The first-order chi connectivity index (χ1) is 10.7. The van der Waals surface area contributed by atoms with Crippen molar-refractivity contribution in [3.8, 4) is 5.75 Å². The molecule has 0 bridgehead atoms. The summed E-state index contributed by atoms with van der Waals surface area (Å²) in [7, 11) is 0. The van der Waals surface area contributed by atoms with Crippen molar-refractivity contribution in [1.29, 1.82) is 0 Å². The molecular weight excluding hydrogens is 276 g/mol. The second kappa shape index (κ2) is 7.14. The van der Waals surface area contributed by atoms with Gasteiger partial charge in [0, 0.05) is 12.1 Å². The van der Waals surface area contributed by atoms with Crippen molar-refractivity contribution < 1.29 is 9.53 Å². The van der Waals surface area contributed by atoms with E-state index in [2.05, 4.69) is 23.6 Å². The van der Waals surface area contributed by atoms with Crippen LogP contribution >= 0.6 is 0 Å². The molecule has 0 aliphatic carbocycles. The maximum atomic E-state index is 12.3. The second-order valence-electron chi connectivity index (χ2n) is 6.59. The summed E-state index contributed by atoms with van der Waals surface area (Å²) in [5, 5.41) is 6.43. The van der Waals surface area contributed by atoms with Crippen LogP contribution in [0.2, 0.25) is 0 Å². The first-order valence-electron chi connectivity index (χ1n) is 8.48. The van der Waals surface area contributed by atoms with Gasteiger partial charge in [-0.3, -0.25) is 4.79 Å². The second-order valence-corrected chi connectivity index (χ2v) is 6.59. The van der Waals surface area contributed by atoms with Crippen LogP contribution in [-0.4, -0.2) is 25.6 Å². The van der Waals surface area contributed by atoms with Gasteiger partial charge in [0.05, 0.1) is 6.61 Å². The maximum Gasteiger partial charge on any atom is 0.224 e. The van der Waals surface area contributed by atoms with E-state index < -0.39 is 0 Å². The van der Waals surface area contributed by atoms with E-state index in [-0.39, 0.29) is 5.91 Å². The number of amides is 1. The quantitative estimate of drug-likeness (QED) is 0.899. The SMILES string of the molecule is CC(CC(=O)Nc1ccc2c(c1)CCCO2)C1CCNCC1. The zero-order valence-electron chi connectivity index (χ0n) is 13.4. The third-order valence-electron chi connectivity index (χ3n) is 4.89. The lowest BCUT2D eigenvalue weighted by Crippen LogP contribution is -2.32.